The van der Waals surface area contributed by atoms with Crippen LogP contribution in [0, 0.1) is 17.5 Å². The summed E-state index contributed by atoms with van der Waals surface area (Å²) in [5, 5.41) is 0. The van der Waals surface area contributed by atoms with Crippen LogP contribution in [0.15, 0.2) is 40.1 Å². The molecule has 0 spiro atoms. The van der Waals surface area contributed by atoms with Crippen molar-refractivity contribution < 1.29 is 17.9 Å². The van der Waals surface area contributed by atoms with E-state index in [0.717, 1.165) is 42.4 Å². The predicted octanol–water partition coefficient (Wildman–Crippen LogP) is 4.63. The van der Waals surface area contributed by atoms with Gasteiger partial charge >= 0.3 is 0 Å². The molecule has 2 aromatic rings. The lowest BCUT2D eigenvalue weighted by atomic mass is 10.3. The molecule has 0 saturated carbocycles. The van der Waals surface area contributed by atoms with Crippen molar-refractivity contribution in [1.29, 1.82) is 0 Å². The smallest absolute Gasteiger partial charge is 0.167 e. The van der Waals surface area contributed by atoms with Crippen LogP contribution in [0.4, 0.5) is 18.9 Å². The first-order valence-corrected chi connectivity index (χ1v) is 7.17. The van der Waals surface area contributed by atoms with Crippen molar-refractivity contribution in [2.24, 2.45) is 0 Å². The molecular weight excluding hydrogens is 299 g/mol. The molecule has 0 bridgehead atoms. The number of ether oxygens (including phenoxy) is 1. The summed E-state index contributed by atoms with van der Waals surface area (Å²) in [7, 11) is 0. The standard InChI is InChI=1S/C15H14F3NOS/c1-2-5-20-13-8-15(12(19)7-11(13)18)21-14-6-9(16)3-4-10(14)17/h3-4,6-8H,2,5,19H2,1H3. The molecule has 112 valence electrons. The fourth-order valence-corrected chi connectivity index (χ4v) is 2.55. The second kappa shape index (κ2) is 6.76. The van der Waals surface area contributed by atoms with Crippen LogP contribution in [0.2, 0.25) is 0 Å². The van der Waals surface area contributed by atoms with Gasteiger partial charge in [-0.3, -0.25) is 0 Å². The molecule has 0 saturated heterocycles. The third kappa shape index (κ3) is 3.85. The van der Waals surface area contributed by atoms with Crippen LogP contribution >= 0.6 is 11.8 Å². The molecule has 2 aromatic carbocycles. The summed E-state index contributed by atoms with van der Waals surface area (Å²) >= 11 is 0.925. The van der Waals surface area contributed by atoms with E-state index >= 15 is 0 Å². The molecular formula is C15H14F3NOS. The molecule has 6 heteroatoms. The maximum absolute atomic E-state index is 13.7. The van der Waals surface area contributed by atoms with Crippen LogP contribution in [0.5, 0.6) is 5.75 Å². The van der Waals surface area contributed by atoms with E-state index in [9.17, 15) is 13.2 Å². The van der Waals surface area contributed by atoms with Crippen molar-refractivity contribution in [3.05, 3.63) is 47.8 Å². The third-order valence-electron chi connectivity index (χ3n) is 2.64. The van der Waals surface area contributed by atoms with E-state index in [0.29, 0.717) is 11.5 Å². The van der Waals surface area contributed by atoms with E-state index in [1.165, 1.54) is 6.07 Å². The number of hydrogen-bond acceptors (Lipinski definition) is 3. The van der Waals surface area contributed by atoms with Crippen LogP contribution in [0.3, 0.4) is 0 Å². The Morgan fingerprint density at radius 3 is 2.52 bits per heavy atom. The Bertz CT molecular complexity index is 649. The Balaban J connectivity index is 2.32. The lowest BCUT2D eigenvalue weighted by Crippen LogP contribution is -2.00. The molecule has 0 aliphatic carbocycles. The van der Waals surface area contributed by atoms with E-state index in [4.69, 9.17) is 10.5 Å². The molecule has 0 aliphatic rings. The van der Waals surface area contributed by atoms with E-state index in [2.05, 4.69) is 0 Å². The van der Waals surface area contributed by atoms with Crippen molar-refractivity contribution in [3.63, 3.8) is 0 Å². The molecule has 0 aliphatic heterocycles. The monoisotopic (exact) mass is 313 g/mol. The lowest BCUT2D eigenvalue weighted by molar-refractivity contribution is 0.300. The van der Waals surface area contributed by atoms with Crippen molar-refractivity contribution in [2.75, 3.05) is 12.3 Å². The van der Waals surface area contributed by atoms with Crippen LogP contribution in [-0.4, -0.2) is 6.61 Å². The Hall–Kier alpha value is -1.82. The Morgan fingerprint density at radius 1 is 1.05 bits per heavy atom. The first kappa shape index (κ1) is 15.6. The van der Waals surface area contributed by atoms with E-state index in [-0.39, 0.29) is 16.3 Å². The van der Waals surface area contributed by atoms with E-state index in [1.807, 2.05) is 6.92 Å². The molecule has 0 aromatic heterocycles. The van der Waals surface area contributed by atoms with Crippen LogP contribution in [0.1, 0.15) is 13.3 Å². The summed E-state index contributed by atoms with van der Waals surface area (Å²) in [5.74, 6) is -1.65. The summed E-state index contributed by atoms with van der Waals surface area (Å²) in [5.41, 5.74) is 5.87. The number of benzene rings is 2. The van der Waals surface area contributed by atoms with Crippen molar-refractivity contribution in [3.8, 4) is 5.75 Å². The van der Waals surface area contributed by atoms with Crippen molar-refractivity contribution in [2.45, 2.75) is 23.1 Å². The van der Waals surface area contributed by atoms with Gasteiger partial charge in [0.25, 0.3) is 0 Å². The highest BCUT2D eigenvalue weighted by atomic mass is 32.2. The molecule has 0 radical (unpaired) electrons. The summed E-state index contributed by atoms with van der Waals surface area (Å²) in [6.45, 7) is 2.26. The highest BCUT2D eigenvalue weighted by Gasteiger charge is 2.13. The zero-order valence-electron chi connectivity index (χ0n) is 11.3. The number of halogens is 3. The van der Waals surface area contributed by atoms with Gasteiger partial charge in [0.2, 0.25) is 0 Å². The second-order valence-electron chi connectivity index (χ2n) is 4.35. The molecule has 0 amide bonds. The number of anilines is 1. The largest absolute Gasteiger partial charge is 0.490 e. The fourth-order valence-electron chi connectivity index (χ4n) is 1.64. The van der Waals surface area contributed by atoms with Gasteiger partial charge in [-0.2, -0.15) is 0 Å². The number of nitrogens with two attached hydrogens (primary N) is 1. The minimum Gasteiger partial charge on any atom is -0.490 e. The van der Waals surface area contributed by atoms with Gasteiger partial charge < -0.3 is 10.5 Å². The zero-order valence-corrected chi connectivity index (χ0v) is 12.1. The lowest BCUT2D eigenvalue weighted by Gasteiger charge is -2.11. The van der Waals surface area contributed by atoms with E-state index < -0.39 is 17.5 Å². The van der Waals surface area contributed by atoms with Gasteiger partial charge in [-0.25, -0.2) is 13.2 Å². The summed E-state index contributed by atoms with van der Waals surface area (Å²) in [6.07, 6.45) is 0.727. The Labute approximate surface area is 125 Å². The van der Waals surface area contributed by atoms with Gasteiger partial charge in [0, 0.05) is 16.6 Å². The number of rotatable bonds is 5. The van der Waals surface area contributed by atoms with E-state index in [1.54, 1.807) is 0 Å². The SMILES string of the molecule is CCCOc1cc(Sc2cc(F)ccc2F)c(N)cc1F. The van der Waals surface area contributed by atoms with Gasteiger partial charge in [-0.05, 0) is 30.7 Å². The highest BCUT2D eigenvalue weighted by molar-refractivity contribution is 7.99. The summed E-state index contributed by atoms with van der Waals surface area (Å²) in [6, 6.07) is 5.64. The molecule has 2 nitrogen and oxygen atoms in total. The minimum atomic E-state index is -0.579. The number of hydrogen-bond donors (Lipinski definition) is 1. The van der Waals surface area contributed by atoms with Gasteiger partial charge in [-0.15, -0.1) is 0 Å². The van der Waals surface area contributed by atoms with Crippen LogP contribution in [0.25, 0.3) is 0 Å². The first-order chi connectivity index (χ1) is 10.0. The molecule has 0 atom stereocenters. The molecule has 2 rings (SSSR count). The zero-order chi connectivity index (χ0) is 15.4. The third-order valence-corrected chi connectivity index (χ3v) is 3.75. The predicted molar refractivity (Wildman–Crippen MR) is 77.1 cm³/mol. The van der Waals surface area contributed by atoms with Gasteiger partial charge in [-0.1, -0.05) is 18.7 Å². The second-order valence-corrected chi connectivity index (χ2v) is 5.43. The quantitative estimate of drug-likeness (QED) is 0.818. The number of nitrogen functional groups attached to an aromatic ring is 1. The highest BCUT2D eigenvalue weighted by Crippen LogP contribution is 2.37. The molecule has 0 heterocycles. The van der Waals surface area contributed by atoms with Crippen molar-refractivity contribution in [1.82, 2.24) is 0 Å². The molecule has 0 unspecified atom stereocenters. The minimum absolute atomic E-state index is 0.0466. The maximum atomic E-state index is 13.7. The summed E-state index contributed by atoms with van der Waals surface area (Å²) < 4.78 is 45.7. The maximum Gasteiger partial charge on any atom is 0.167 e. The summed E-state index contributed by atoms with van der Waals surface area (Å²) in [4.78, 5) is 0.488. The Kier molecular flexibility index (Phi) is 5.01. The first-order valence-electron chi connectivity index (χ1n) is 6.36. The van der Waals surface area contributed by atoms with Gasteiger partial charge in [0.05, 0.1) is 11.5 Å². The average Bonchev–Trinajstić information content (AvgIpc) is 2.44. The molecule has 0 fully saturated rings. The average molecular weight is 313 g/mol. The van der Waals surface area contributed by atoms with Crippen LogP contribution in [-0.2, 0) is 0 Å². The van der Waals surface area contributed by atoms with Gasteiger partial charge in [0.15, 0.2) is 11.6 Å². The molecule has 2 N–H and O–H groups in total. The van der Waals surface area contributed by atoms with Crippen LogP contribution < -0.4 is 10.5 Å². The molecule has 21 heavy (non-hydrogen) atoms. The topological polar surface area (TPSA) is 35.2 Å². The van der Waals surface area contributed by atoms with Crippen molar-refractivity contribution >= 4 is 17.4 Å². The normalized spacial score (nSPS) is 10.7. The Morgan fingerprint density at radius 2 is 1.81 bits per heavy atom. The van der Waals surface area contributed by atoms with Gasteiger partial charge in [0.1, 0.15) is 11.6 Å². The fraction of sp³-hybridized carbons (Fsp3) is 0.200.